The summed E-state index contributed by atoms with van der Waals surface area (Å²) in [4.78, 5) is 50.4. The zero-order valence-corrected chi connectivity index (χ0v) is 24.4. The zero-order chi connectivity index (χ0) is 29.5. The number of imidazole rings is 1. The lowest BCUT2D eigenvalue weighted by Gasteiger charge is -2.34. The van der Waals surface area contributed by atoms with Gasteiger partial charge in [0, 0.05) is 50.5 Å². The normalized spacial score (nSPS) is 16.6. The highest BCUT2D eigenvalue weighted by Crippen LogP contribution is 2.21. The monoisotopic (exact) mass is 564 g/mol. The van der Waals surface area contributed by atoms with Gasteiger partial charge in [0.05, 0.1) is 0 Å². The third kappa shape index (κ3) is 7.70. The van der Waals surface area contributed by atoms with Gasteiger partial charge in [0.2, 0.25) is 11.8 Å². The average Bonchev–Trinajstić information content (AvgIpc) is 3.61. The van der Waals surface area contributed by atoms with E-state index >= 15 is 0 Å². The highest BCUT2D eigenvalue weighted by Gasteiger charge is 2.36. The number of benzene rings is 1. The Morgan fingerprint density at radius 1 is 1.15 bits per heavy atom. The van der Waals surface area contributed by atoms with Gasteiger partial charge in [-0.3, -0.25) is 14.4 Å². The van der Waals surface area contributed by atoms with E-state index < -0.39 is 6.04 Å². The molecule has 0 radical (unpaired) electrons. The molecule has 0 spiro atoms. The SMILES string of the molecule is CC[C@@H](C)C(=O)N[C@@H](CN(C)C)C(=O)N1CCC[C@H]1CN(CCc1ccc(F)cc1)C(=O)c1cn2ccccc2n1. The topological polar surface area (TPSA) is 90.3 Å². The predicted molar refractivity (Wildman–Crippen MR) is 156 cm³/mol. The fourth-order valence-electron chi connectivity index (χ4n) is 5.21. The number of likely N-dealkylation sites (tertiary alicyclic amines) is 1. The number of hydrogen-bond donors (Lipinski definition) is 1. The van der Waals surface area contributed by atoms with Crippen LogP contribution in [-0.4, -0.2) is 94.2 Å². The molecule has 220 valence electrons. The molecule has 2 aromatic heterocycles. The summed E-state index contributed by atoms with van der Waals surface area (Å²) in [6.45, 7) is 5.50. The Labute approximate surface area is 241 Å². The highest BCUT2D eigenvalue weighted by atomic mass is 19.1. The summed E-state index contributed by atoms with van der Waals surface area (Å²) in [5.74, 6) is -0.973. The van der Waals surface area contributed by atoms with E-state index in [0.717, 1.165) is 18.4 Å². The molecule has 41 heavy (non-hydrogen) atoms. The number of nitrogens with one attached hydrogen (secondary N) is 1. The van der Waals surface area contributed by atoms with Crippen LogP contribution in [0.5, 0.6) is 0 Å². The lowest BCUT2D eigenvalue weighted by atomic mass is 10.1. The fraction of sp³-hybridized carbons (Fsp3) is 0.484. The number of pyridine rings is 1. The molecule has 0 bridgehead atoms. The molecule has 0 aliphatic carbocycles. The number of rotatable bonds is 12. The number of nitrogens with zero attached hydrogens (tertiary/aromatic N) is 5. The van der Waals surface area contributed by atoms with Crippen LogP contribution in [0.15, 0.2) is 54.9 Å². The van der Waals surface area contributed by atoms with Crippen LogP contribution in [0.2, 0.25) is 0 Å². The van der Waals surface area contributed by atoms with Crippen molar-refractivity contribution in [1.29, 1.82) is 0 Å². The lowest BCUT2D eigenvalue weighted by Crippen LogP contribution is -2.56. The number of aromatic nitrogens is 2. The van der Waals surface area contributed by atoms with Gasteiger partial charge in [-0.1, -0.05) is 32.0 Å². The number of likely N-dealkylation sites (N-methyl/N-ethyl adjacent to an activating group) is 1. The van der Waals surface area contributed by atoms with Gasteiger partial charge in [-0.15, -0.1) is 0 Å². The molecule has 4 rings (SSSR count). The molecular formula is C31H41FN6O3. The van der Waals surface area contributed by atoms with Crippen LogP contribution in [0, 0.1) is 11.7 Å². The van der Waals surface area contributed by atoms with Gasteiger partial charge >= 0.3 is 0 Å². The molecule has 1 fully saturated rings. The predicted octanol–water partition coefficient (Wildman–Crippen LogP) is 3.24. The van der Waals surface area contributed by atoms with E-state index in [1.807, 2.05) is 66.5 Å². The van der Waals surface area contributed by atoms with Crippen LogP contribution in [0.4, 0.5) is 4.39 Å². The number of carbonyl (C=O) groups is 3. The average molecular weight is 565 g/mol. The minimum absolute atomic E-state index is 0.128. The van der Waals surface area contributed by atoms with E-state index in [9.17, 15) is 18.8 Å². The first-order valence-electron chi connectivity index (χ1n) is 14.4. The molecule has 3 atom stereocenters. The van der Waals surface area contributed by atoms with E-state index in [2.05, 4.69) is 10.3 Å². The lowest BCUT2D eigenvalue weighted by molar-refractivity contribution is -0.138. The van der Waals surface area contributed by atoms with E-state index in [0.29, 0.717) is 50.4 Å². The van der Waals surface area contributed by atoms with Crippen LogP contribution in [0.1, 0.15) is 49.2 Å². The maximum absolute atomic E-state index is 13.8. The Kier molecular flexibility index (Phi) is 10.1. The quantitative estimate of drug-likeness (QED) is 0.365. The number of hydrogen-bond acceptors (Lipinski definition) is 5. The molecule has 3 amide bonds. The second kappa shape index (κ2) is 13.7. The van der Waals surface area contributed by atoms with Gasteiger partial charge in [0.25, 0.3) is 5.91 Å². The molecule has 0 unspecified atom stereocenters. The van der Waals surface area contributed by atoms with Crippen molar-refractivity contribution >= 4 is 23.4 Å². The largest absolute Gasteiger partial charge is 0.343 e. The minimum Gasteiger partial charge on any atom is -0.343 e. The number of halogens is 1. The van der Waals surface area contributed by atoms with Gasteiger partial charge in [0.15, 0.2) is 0 Å². The molecule has 0 saturated carbocycles. The number of fused-ring (bicyclic) bond motifs is 1. The first-order valence-corrected chi connectivity index (χ1v) is 14.4. The molecule has 1 aromatic carbocycles. The smallest absolute Gasteiger partial charge is 0.274 e. The van der Waals surface area contributed by atoms with Gasteiger partial charge < -0.3 is 24.4 Å². The minimum atomic E-state index is -0.672. The van der Waals surface area contributed by atoms with E-state index in [1.54, 1.807) is 23.2 Å². The summed E-state index contributed by atoms with van der Waals surface area (Å²) >= 11 is 0. The maximum atomic E-state index is 13.8. The zero-order valence-electron chi connectivity index (χ0n) is 24.4. The van der Waals surface area contributed by atoms with Crippen molar-refractivity contribution in [3.05, 3.63) is 71.9 Å². The Bertz CT molecular complexity index is 1310. The Hall–Kier alpha value is -3.79. The van der Waals surface area contributed by atoms with E-state index in [4.69, 9.17) is 0 Å². The van der Waals surface area contributed by atoms with Crippen molar-refractivity contribution < 1.29 is 18.8 Å². The van der Waals surface area contributed by atoms with Crippen LogP contribution >= 0.6 is 0 Å². The second-order valence-electron chi connectivity index (χ2n) is 11.2. The summed E-state index contributed by atoms with van der Waals surface area (Å²) in [7, 11) is 3.75. The molecule has 1 saturated heterocycles. The molecular weight excluding hydrogens is 523 g/mol. The standard InChI is InChI=1S/C31H41FN6O3/c1-5-22(2)29(39)34-26(20-35(3)4)31(41)38-17-8-9-25(38)19-37(18-15-23-11-13-24(32)14-12-23)30(40)27-21-36-16-7-6-10-28(36)33-27/h6-7,10-14,16,21-22,25-26H,5,8-9,15,17-20H2,1-4H3,(H,34,39)/t22-,25+,26+/m1/s1. The van der Waals surface area contributed by atoms with Crippen molar-refractivity contribution in [2.24, 2.45) is 5.92 Å². The van der Waals surface area contributed by atoms with Crippen molar-refractivity contribution in [3.63, 3.8) is 0 Å². The van der Waals surface area contributed by atoms with Crippen LogP contribution < -0.4 is 5.32 Å². The molecule has 1 N–H and O–H groups in total. The van der Waals surface area contributed by atoms with Gasteiger partial charge in [-0.2, -0.15) is 0 Å². The van der Waals surface area contributed by atoms with E-state index in [-0.39, 0.29) is 35.5 Å². The summed E-state index contributed by atoms with van der Waals surface area (Å²) in [5, 5.41) is 2.97. The Balaban J connectivity index is 1.55. The first-order chi connectivity index (χ1) is 19.7. The summed E-state index contributed by atoms with van der Waals surface area (Å²) in [6.07, 6.45) is 6.36. The van der Waals surface area contributed by atoms with E-state index in [1.165, 1.54) is 12.1 Å². The third-order valence-electron chi connectivity index (χ3n) is 7.77. The van der Waals surface area contributed by atoms with Gasteiger partial charge in [-0.05, 0) is 69.6 Å². The van der Waals surface area contributed by atoms with Crippen LogP contribution in [-0.2, 0) is 16.0 Å². The highest BCUT2D eigenvalue weighted by molar-refractivity contribution is 5.93. The van der Waals surface area contributed by atoms with Gasteiger partial charge in [0.1, 0.15) is 23.2 Å². The Morgan fingerprint density at radius 2 is 1.90 bits per heavy atom. The van der Waals surface area contributed by atoms with Gasteiger partial charge in [-0.25, -0.2) is 9.37 Å². The molecule has 9 nitrogen and oxygen atoms in total. The molecule has 1 aliphatic heterocycles. The molecule has 1 aliphatic rings. The summed E-state index contributed by atoms with van der Waals surface area (Å²) in [5.41, 5.74) is 1.92. The third-order valence-corrected chi connectivity index (χ3v) is 7.77. The molecule has 10 heteroatoms. The van der Waals surface area contributed by atoms with Crippen molar-refractivity contribution in [3.8, 4) is 0 Å². The number of carbonyl (C=O) groups excluding carboxylic acids is 3. The second-order valence-corrected chi connectivity index (χ2v) is 11.2. The van der Waals surface area contributed by atoms with Crippen LogP contribution in [0.25, 0.3) is 5.65 Å². The number of amides is 3. The maximum Gasteiger partial charge on any atom is 0.274 e. The first kappa shape index (κ1) is 30.2. The fourth-order valence-corrected chi connectivity index (χ4v) is 5.21. The van der Waals surface area contributed by atoms with Crippen LogP contribution in [0.3, 0.4) is 0 Å². The Morgan fingerprint density at radius 3 is 2.59 bits per heavy atom. The summed E-state index contributed by atoms with van der Waals surface area (Å²) in [6, 6.07) is 11.0. The molecule has 3 heterocycles. The molecule has 3 aromatic rings. The summed E-state index contributed by atoms with van der Waals surface area (Å²) < 4.78 is 15.3. The van der Waals surface area contributed by atoms with Crippen molar-refractivity contribution in [2.45, 2.75) is 51.6 Å². The van der Waals surface area contributed by atoms with Crippen molar-refractivity contribution in [2.75, 3.05) is 40.3 Å². The van der Waals surface area contributed by atoms with Crippen molar-refractivity contribution in [1.82, 2.24) is 29.4 Å².